The second-order valence-electron chi connectivity index (χ2n) is 2.22. The molecule has 3 N–H and O–H groups in total. The van der Waals surface area contributed by atoms with Crippen LogP contribution in [0.5, 0.6) is 0 Å². The lowest BCUT2D eigenvalue weighted by molar-refractivity contribution is 0.966. The fourth-order valence-corrected chi connectivity index (χ4v) is 0.728. The summed E-state index contributed by atoms with van der Waals surface area (Å²) in [7, 11) is 0. The Bertz CT molecular complexity index is 223. The summed E-state index contributed by atoms with van der Waals surface area (Å²) in [5.41, 5.74) is 5.53. The Balaban J connectivity index is 2.62. The molecule has 0 unspecified atom stereocenters. The number of nitrogens with one attached hydrogen (secondary N) is 1. The number of hydrogen-bond acceptors (Lipinski definition) is 4. The third kappa shape index (κ3) is 2.07. The number of rotatable bonds is 3. The van der Waals surface area contributed by atoms with Gasteiger partial charge >= 0.3 is 0 Å². The van der Waals surface area contributed by atoms with Gasteiger partial charge in [-0.3, -0.25) is 0 Å². The van der Waals surface area contributed by atoms with E-state index in [0.29, 0.717) is 11.6 Å². The van der Waals surface area contributed by atoms with Crippen LogP contribution in [0.2, 0.25) is 0 Å². The second-order valence-corrected chi connectivity index (χ2v) is 2.22. The van der Waals surface area contributed by atoms with Gasteiger partial charge in [-0.05, 0) is 6.42 Å². The number of nitrogens with two attached hydrogens (primary N) is 1. The zero-order chi connectivity index (χ0) is 8.10. The van der Waals surface area contributed by atoms with Crippen LogP contribution in [0.25, 0.3) is 0 Å². The number of nitrogens with zero attached hydrogens (tertiary/aromatic N) is 2. The fraction of sp³-hybridized carbons (Fsp3) is 0.429. The van der Waals surface area contributed by atoms with Crippen LogP contribution in [-0.2, 0) is 0 Å². The van der Waals surface area contributed by atoms with Crippen LogP contribution < -0.4 is 11.1 Å². The highest BCUT2D eigenvalue weighted by Gasteiger charge is 1.96. The van der Waals surface area contributed by atoms with Crippen LogP contribution in [0.1, 0.15) is 13.3 Å². The lowest BCUT2D eigenvalue weighted by Gasteiger charge is -2.03. The first-order valence-corrected chi connectivity index (χ1v) is 3.65. The minimum Gasteiger partial charge on any atom is -0.381 e. The van der Waals surface area contributed by atoms with E-state index in [0.717, 1.165) is 13.0 Å². The van der Waals surface area contributed by atoms with E-state index in [1.54, 1.807) is 12.4 Å². The molecule has 4 nitrogen and oxygen atoms in total. The van der Waals surface area contributed by atoms with E-state index in [2.05, 4.69) is 22.2 Å². The maximum atomic E-state index is 5.53. The van der Waals surface area contributed by atoms with Crippen molar-refractivity contribution in [2.75, 3.05) is 17.6 Å². The van der Waals surface area contributed by atoms with Gasteiger partial charge in [-0.1, -0.05) is 6.92 Å². The van der Waals surface area contributed by atoms with Gasteiger partial charge in [0.15, 0.2) is 11.6 Å². The Hall–Kier alpha value is -1.32. The largest absolute Gasteiger partial charge is 0.381 e. The van der Waals surface area contributed by atoms with Crippen molar-refractivity contribution < 1.29 is 0 Å². The molecule has 0 spiro atoms. The quantitative estimate of drug-likeness (QED) is 0.674. The molecule has 1 aromatic heterocycles. The third-order valence-electron chi connectivity index (χ3n) is 1.27. The maximum Gasteiger partial charge on any atom is 0.168 e. The molecule has 0 saturated carbocycles. The molecule has 0 aliphatic heterocycles. The van der Waals surface area contributed by atoms with Crippen molar-refractivity contribution in [2.45, 2.75) is 13.3 Å². The van der Waals surface area contributed by atoms with Crippen molar-refractivity contribution in [2.24, 2.45) is 0 Å². The molecule has 0 aromatic carbocycles. The molecule has 1 heterocycles. The molecule has 0 aliphatic carbocycles. The van der Waals surface area contributed by atoms with Gasteiger partial charge in [0, 0.05) is 18.9 Å². The number of aromatic nitrogens is 2. The molecule has 0 atom stereocenters. The molecule has 0 fully saturated rings. The molecule has 0 radical (unpaired) electrons. The average molecular weight is 152 g/mol. The minimum atomic E-state index is 0.459. The average Bonchev–Trinajstić information content (AvgIpc) is 2.03. The molecule has 1 rings (SSSR count). The molecule has 0 bridgehead atoms. The predicted octanol–water partition coefficient (Wildman–Crippen LogP) is 0.881. The predicted molar refractivity (Wildman–Crippen MR) is 45.2 cm³/mol. The first-order valence-electron chi connectivity index (χ1n) is 3.65. The first-order chi connectivity index (χ1) is 5.34. The molecule has 1 aromatic rings. The lowest BCUT2D eigenvalue weighted by Crippen LogP contribution is -2.05. The SMILES string of the molecule is CCCNc1nccnc1N. The minimum absolute atomic E-state index is 0.459. The van der Waals surface area contributed by atoms with Gasteiger partial charge in [-0.25, -0.2) is 9.97 Å². The highest BCUT2D eigenvalue weighted by atomic mass is 15.0. The smallest absolute Gasteiger partial charge is 0.168 e. The fourth-order valence-electron chi connectivity index (χ4n) is 0.728. The highest BCUT2D eigenvalue weighted by Crippen LogP contribution is 2.08. The molecule has 0 aliphatic rings. The summed E-state index contributed by atoms with van der Waals surface area (Å²) in [5, 5.41) is 3.06. The van der Waals surface area contributed by atoms with Crippen molar-refractivity contribution >= 4 is 11.6 Å². The zero-order valence-electron chi connectivity index (χ0n) is 6.54. The molecule has 0 saturated heterocycles. The first kappa shape index (κ1) is 7.78. The molecule has 0 amide bonds. The third-order valence-corrected chi connectivity index (χ3v) is 1.27. The molecular formula is C7H12N4. The Labute approximate surface area is 65.9 Å². The van der Waals surface area contributed by atoms with Crippen molar-refractivity contribution in [3.8, 4) is 0 Å². The second kappa shape index (κ2) is 3.75. The number of hydrogen-bond donors (Lipinski definition) is 2. The van der Waals surface area contributed by atoms with Crippen molar-refractivity contribution in [1.29, 1.82) is 0 Å². The van der Waals surface area contributed by atoms with E-state index in [-0.39, 0.29) is 0 Å². The summed E-state index contributed by atoms with van der Waals surface area (Å²) in [6.07, 6.45) is 4.25. The molecule has 60 valence electrons. The summed E-state index contributed by atoms with van der Waals surface area (Å²) in [4.78, 5) is 7.90. The van der Waals surface area contributed by atoms with Gasteiger partial charge in [-0.2, -0.15) is 0 Å². The zero-order valence-corrected chi connectivity index (χ0v) is 6.54. The lowest BCUT2D eigenvalue weighted by atomic mass is 10.4. The molecule has 4 heteroatoms. The van der Waals surface area contributed by atoms with Gasteiger partial charge in [0.1, 0.15) is 0 Å². The highest BCUT2D eigenvalue weighted by molar-refractivity contribution is 5.54. The van der Waals surface area contributed by atoms with Crippen LogP contribution in [0.15, 0.2) is 12.4 Å². The van der Waals surface area contributed by atoms with E-state index >= 15 is 0 Å². The summed E-state index contributed by atoms with van der Waals surface area (Å²) in [6, 6.07) is 0. The van der Waals surface area contributed by atoms with Gasteiger partial charge in [0.25, 0.3) is 0 Å². The van der Waals surface area contributed by atoms with E-state index in [4.69, 9.17) is 5.73 Å². The van der Waals surface area contributed by atoms with Crippen molar-refractivity contribution in [3.63, 3.8) is 0 Å². The summed E-state index contributed by atoms with van der Waals surface area (Å²) >= 11 is 0. The van der Waals surface area contributed by atoms with E-state index < -0.39 is 0 Å². The Kier molecular flexibility index (Phi) is 2.66. The van der Waals surface area contributed by atoms with E-state index in [1.165, 1.54) is 0 Å². The van der Waals surface area contributed by atoms with Gasteiger partial charge in [0.2, 0.25) is 0 Å². The van der Waals surface area contributed by atoms with Crippen LogP contribution in [0, 0.1) is 0 Å². The van der Waals surface area contributed by atoms with Crippen LogP contribution in [0.3, 0.4) is 0 Å². The summed E-state index contributed by atoms with van der Waals surface area (Å²) in [6.45, 7) is 2.96. The van der Waals surface area contributed by atoms with Gasteiger partial charge in [0.05, 0.1) is 0 Å². The van der Waals surface area contributed by atoms with E-state index in [9.17, 15) is 0 Å². The molecular weight excluding hydrogens is 140 g/mol. The monoisotopic (exact) mass is 152 g/mol. The maximum absolute atomic E-state index is 5.53. The summed E-state index contributed by atoms with van der Waals surface area (Å²) < 4.78 is 0. The summed E-state index contributed by atoms with van der Waals surface area (Å²) in [5.74, 6) is 1.13. The normalized spacial score (nSPS) is 9.55. The Morgan fingerprint density at radius 2 is 2.18 bits per heavy atom. The van der Waals surface area contributed by atoms with E-state index in [1.807, 2.05) is 0 Å². The topological polar surface area (TPSA) is 63.8 Å². The van der Waals surface area contributed by atoms with Crippen LogP contribution >= 0.6 is 0 Å². The molecule has 11 heavy (non-hydrogen) atoms. The number of anilines is 2. The van der Waals surface area contributed by atoms with Gasteiger partial charge < -0.3 is 11.1 Å². The Morgan fingerprint density at radius 3 is 2.82 bits per heavy atom. The standard InChI is InChI=1S/C7H12N4/c1-2-3-10-7-6(8)9-4-5-11-7/h4-5H,2-3H2,1H3,(H2,8,9)(H,10,11). The Morgan fingerprint density at radius 1 is 1.45 bits per heavy atom. The number of nitrogen functional groups attached to an aromatic ring is 1. The van der Waals surface area contributed by atoms with Crippen LogP contribution in [0.4, 0.5) is 11.6 Å². The van der Waals surface area contributed by atoms with Crippen molar-refractivity contribution in [1.82, 2.24) is 9.97 Å². The van der Waals surface area contributed by atoms with Crippen LogP contribution in [-0.4, -0.2) is 16.5 Å². The van der Waals surface area contributed by atoms with Gasteiger partial charge in [-0.15, -0.1) is 0 Å². The van der Waals surface area contributed by atoms with Crippen molar-refractivity contribution in [3.05, 3.63) is 12.4 Å².